The number of amides is 1. The highest BCUT2D eigenvalue weighted by Crippen LogP contribution is 2.37. The van der Waals surface area contributed by atoms with Crippen molar-refractivity contribution in [3.8, 4) is 11.1 Å². The first-order valence-electron chi connectivity index (χ1n) is 7.59. The van der Waals surface area contributed by atoms with Crippen LogP contribution in [0.15, 0.2) is 69.6 Å². The molecule has 0 atom stereocenters. The van der Waals surface area contributed by atoms with Crippen molar-refractivity contribution in [1.82, 2.24) is 0 Å². The maximum atomic E-state index is 12.5. The summed E-state index contributed by atoms with van der Waals surface area (Å²) in [6.45, 7) is 0. The van der Waals surface area contributed by atoms with Crippen LogP contribution in [0.4, 0.5) is 5.69 Å². The Morgan fingerprint density at radius 1 is 0.875 bits per heavy atom. The van der Waals surface area contributed by atoms with Gasteiger partial charge in [-0.15, -0.1) is 0 Å². The maximum Gasteiger partial charge on any atom is 0.256 e. The molecule has 0 radical (unpaired) electrons. The monoisotopic (exact) mass is 441 g/mol. The highest BCUT2D eigenvalue weighted by atomic mass is 79.9. The fourth-order valence-electron chi connectivity index (χ4n) is 3.09. The predicted molar refractivity (Wildman–Crippen MR) is 104 cm³/mol. The fraction of sp³-hybridized carbons (Fsp3) is 0.0500. The summed E-state index contributed by atoms with van der Waals surface area (Å²) in [6.07, 6.45) is 0.912. The van der Waals surface area contributed by atoms with Gasteiger partial charge in [-0.05, 0) is 74.9 Å². The maximum absolute atomic E-state index is 12.5. The molecule has 3 aromatic rings. The molecule has 3 aromatic carbocycles. The van der Waals surface area contributed by atoms with E-state index in [0.717, 1.165) is 21.1 Å². The summed E-state index contributed by atoms with van der Waals surface area (Å²) in [7, 11) is 0. The zero-order valence-corrected chi connectivity index (χ0v) is 15.8. The average molecular weight is 443 g/mol. The highest BCUT2D eigenvalue weighted by Gasteiger charge is 2.18. The Bertz CT molecular complexity index is 966. The van der Waals surface area contributed by atoms with Crippen LogP contribution in [-0.4, -0.2) is 5.91 Å². The molecular formula is C20H13Br2NO. The fourth-order valence-corrected chi connectivity index (χ4v) is 3.88. The molecule has 1 amide bonds. The molecule has 24 heavy (non-hydrogen) atoms. The summed E-state index contributed by atoms with van der Waals surface area (Å²) in [5.41, 5.74) is 6.56. The van der Waals surface area contributed by atoms with E-state index < -0.39 is 0 Å². The van der Waals surface area contributed by atoms with Gasteiger partial charge in [-0.25, -0.2) is 0 Å². The molecule has 1 aliphatic carbocycles. The minimum Gasteiger partial charge on any atom is -0.322 e. The summed E-state index contributed by atoms with van der Waals surface area (Å²) < 4.78 is 1.65. The number of carbonyl (C=O) groups is 1. The Kier molecular flexibility index (Phi) is 4.02. The van der Waals surface area contributed by atoms with Crippen molar-refractivity contribution in [3.63, 3.8) is 0 Å². The summed E-state index contributed by atoms with van der Waals surface area (Å²) in [5, 5.41) is 2.99. The van der Waals surface area contributed by atoms with Crippen LogP contribution >= 0.6 is 31.9 Å². The van der Waals surface area contributed by atoms with Gasteiger partial charge in [0.15, 0.2) is 0 Å². The Balaban J connectivity index is 1.62. The second kappa shape index (κ2) is 6.19. The highest BCUT2D eigenvalue weighted by molar-refractivity contribution is 9.11. The van der Waals surface area contributed by atoms with E-state index in [4.69, 9.17) is 0 Å². The summed E-state index contributed by atoms with van der Waals surface area (Å²) in [4.78, 5) is 12.5. The molecule has 4 rings (SSSR count). The lowest BCUT2D eigenvalue weighted by Gasteiger charge is -2.09. The third kappa shape index (κ3) is 2.80. The van der Waals surface area contributed by atoms with E-state index in [1.54, 1.807) is 0 Å². The van der Waals surface area contributed by atoms with Crippen LogP contribution in [0.5, 0.6) is 0 Å². The minimum atomic E-state index is -0.126. The van der Waals surface area contributed by atoms with Crippen molar-refractivity contribution in [1.29, 1.82) is 0 Å². The van der Waals surface area contributed by atoms with E-state index in [-0.39, 0.29) is 5.91 Å². The third-order valence-corrected chi connectivity index (χ3v) is 5.41. The number of halogens is 2. The van der Waals surface area contributed by atoms with E-state index in [9.17, 15) is 4.79 Å². The zero-order valence-electron chi connectivity index (χ0n) is 12.6. The molecule has 1 aliphatic rings. The molecule has 4 heteroatoms. The van der Waals surface area contributed by atoms with Gasteiger partial charge in [0.2, 0.25) is 0 Å². The van der Waals surface area contributed by atoms with Gasteiger partial charge in [-0.1, -0.05) is 46.3 Å². The van der Waals surface area contributed by atoms with Crippen molar-refractivity contribution in [3.05, 3.63) is 86.3 Å². The topological polar surface area (TPSA) is 29.1 Å². The Labute approximate surface area is 157 Å². The van der Waals surface area contributed by atoms with Crippen molar-refractivity contribution in [2.45, 2.75) is 6.42 Å². The Hall–Kier alpha value is -1.91. The van der Waals surface area contributed by atoms with Crippen LogP contribution < -0.4 is 5.32 Å². The van der Waals surface area contributed by atoms with E-state index in [0.29, 0.717) is 5.56 Å². The van der Waals surface area contributed by atoms with Crippen molar-refractivity contribution in [2.75, 3.05) is 5.32 Å². The predicted octanol–water partition coefficient (Wildman–Crippen LogP) is 6.04. The second-order valence-corrected chi connectivity index (χ2v) is 7.55. The van der Waals surface area contributed by atoms with Crippen LogP contribution in [0.2, 0.25) is 0 Å². The summed E-state index contributed by atoms with van der Waals surface area (Å²) in [6, 6.07) is 20.1. The Morgan fingerprint density at radius 2 is 1.67 bits per heavy atom. The quantitative estimate of drug-likeness (QED) is 0.403. The van der Waals surface area contributed by atoms with Crippen molar-refractivity contribution >= 4 is 43.5 Å². The summed E-state index contributed by atoms with van der Waals surface area (Å²) in [5.74, 6) is -0.126. The van der Waals surface area contributed by atoms with Gasteiger partial charge in [0.25, 0.3) is 5.91 Å². The van der Waals surface area contributed by atoms with E-state index in [2.05, 4.69) is 73.6 Å². The number of rotatable bonds is 2. The average Bonchev–Trinajstić information content (AvgIpc) is 2.94. The minimum absolute atomic E-state index is 0.126. The van der Waals surface area contributed by atoms with Crippen LogP contribution in [0.3, 0.4) is 0 Å². The van der Waals surface area contributed by atoms with Crippen LogP contribution in [0.25, 0.3) is 11.1 Å². The molecule has 2 nitrogen and oxygen atoms in total. The van der Waals surface area contributed by atoms with Crippen LogP contribution in [-0.2, 0) is 6.42 Å². The van der Waals surface area contributed by atoms with Gasteiger partial charge in [0.05, 0.1) is 5.56 Å². The SMILES string of the molecule is O=C(Nc1ccc2c(c1)Cc1ccccc1-2)c1cc(Br)ccc1Br. The normalized spacial score (nSPS) is 11.8. The molecule has 0 heterocycles. The van der Waals surface area contributed by atoms with Crippen LogP contribution in [0, 0.1) is 0 Å². The molecule has 0 aliphatic heterocycles. The lowest BCUT2D eigenvalue weighted by atomic mass is 10.1. The number of fused-ring (bicyclic) bond motifs is 3. The first-order chi connectivity index (χ1) is 11.6. The molecule has 0 fully saturated rings. The Morgan fingerprint density at radius 3 is 2.54 bits per heavy atom. The van der Waals surface area contributed by atoms with Gasteiger partial charge in [-0.3, -0.25) is 4.79 Å². The smallest absolute Gasteiger partial charge is 0.256 e. The zero-order chi connectivity index (χ0) is 16.7. The van der Waals surface area contributed by atoms with Gasteiger partial charge in [0, 0.05) is 14.6 Å². The third-order valence-electron chi connectivity index (χ3n) is 4.22. The first-order valence-corrected chi connectivity index (χ1v) is 9.18. The van der Waals surface area contributed by atoms with Crippen molar-refractivity contribution < 1.29 is 4.79 Å². The molecule has 0 unspecified atom stereocenters. The second-order valence-electron chi connectivity index (χ2n) is 5.78. The number of hydrogen-bond acceptors (Lipinski definition) is 1. The number of hydrogen-bond donors (Lipinski definition) is 1. The van der Waals surface area contributed by atoms with Gasteiger partial charge >= 0.3 is 0 Å². The van der Waals surface area contributed by atoms with E-state index in [1.807, 2.05) is 24.3 Å². The number of carbonyl (C=O) groups excluding carboxylic acids is 1. The lowest BCUT2D eigenvalue weighted by Crippen LogP contribution is -2.12. The molecule has 1 N–H and O–H groups in total. The van der Waals surface area contributed by atoms with Gasteiger partial charge in [0.1, 0.15) is 0 Å². The molecule has 0 saturated heterocycles. The number of nitrogens with one attached hydrogen (secondary N) is 1. The largest absolute Gasteiger partial charge is 0.322 e. The number of anilines is 1. The standard InChI is InChI=1S/C20H13Br2NO/c21-14-5-8-19(22)18(11-14)20(24)23-15-6-7-17-13(10-15)9-12-3-1-2-4-16(12)17/h1-8,10-11H,9H2,(H,23,24). The lowest BCUT2D eigenvalue weighted by molar-refractivity contribution is 0.102. The molecule has 0 bridgehead atoms. The van der Waals surface area contributed by atoms with E-state index >= 15 is 0 Å². The van der Waals surface area contributed by atoms with E-state index in [1.165, 1.54) is 22.3 Å². The summed E-state index contributed by atoms with van der Waals surface area (Å²) >= 11 is 6.84. The first kappa shape index (κ1) is 15.6. The molecule has 0 aromatic heterocycles. The molecule has 0 saturated carbocycles. The molecule has 118 valence electrons. The molecule has 0 spiro atoms. The van der Waals surface area contributed by atoms with Crippen LogP contribution in [0.1, 0.15) is 21.5 Å². The van der Waals surface area contributed by atoms with Crippen molar-refractivity contribution in [2.24, 2.45) is 0 Å². The van der Waals surface area contributed by atoms with Gasteiger partial charge in [-0.2, -0.15) is 0 Å². The van der Waals surface area contributed by atoms with Gasteiger partial charge < -0.3 is 5.32 Å². The molecular weight excluding hydrogens is 430 g/mol. The number of benzene rings is 3.